The van der Waals surface area contributed by atoms with Gasteiger partial charge in [-0.15, -0.1) is 0 Å². The summed E-state index contributed by atoms with van der Waals surface area (Å²) in [4.78, 5) is 25.8. The lowest BCUT2D eigenvalue weighted by atomic mass is 10.0. The molecule has 1 heterocycles. The van der Waals surface area contributed by atoms with Crippen LogP contribution in [0.2, 0.25) is 0 Å². The van der Waals surface area contributed by atoms with Crippen molar-refractivity contribution in [1.29, 1.82) is 0 Å². The molecule has 0 bridgehead atoms. The van der Waals surface area contributed by atoms with E-state index >= 15 is 0 Å². The molecule has 0 aromatic rings. The van der Waals surface area contributed by atoms with Crippen molar-refractivity contribution in [1.82, 2.24) is 4.90 Å². The second kappa shape index (κ2) is 10.6. The number of nitrogens with zero attached hydrogens (tertiary/aromatic N) is 1. The topological polar surface area (TPSA) is 55.8 Å². The van der Waals surface area contributed by atoms with Gasteiger partial charge >= 0.3 is 7.69 Å². The van der Waals surface area contributed by atoms with Gasteiger partial charge in [-0.2, -0.15) is 0 Å². The number of rotatable bonds is 9. The number of carbonyl (C=O) groups excluding carboxylic acids is 2. The summed E-state index contributed by atoms with van der Waals surface area (Å²) in [6.07, 6.45) is 1.60. The Bertz CT molecular complexity index is 411. The van der Waals surface area contributed by atoms with E-state index in [4.69, 9.17) is 9.31 Å². The number of hydrogen-bond donors (Lipinski definition) is 0. The monoisotopic (exact) mass is 375 g/mol. The second-order valence-corrected chi connectivity index (χ2v) is 9.76. The van der Waals surface area contributed by atoms with Crippen molar-refractivity contribution in [2.45, 2.75) is 65.5 Å². The third-order valence-electron chi connectivity index (χ3n) is 4.12. The highest BCUT2D eigenvalue weighted by Gasteiger charge is 2.32. The summed E-state index contributed by atoms with van der Waals surface area (Å²) < 4.78 is 9.99. The zero-order valence-electron chi connectivity index (χ0n) is 15.5. The minimum absolute atomic E-state index is 0.0131. The maximum absolute atomic E-state index is 11.9. The molecule has 138 valence electrons. The van der Waals surface area contributed by atoms with E-state index in [0.29, 0.717) is 25.4 Å². The molecule has 0 spiro atoms. The van der Waals surface area contributed by atoms with Gasteiger partial charge in [0.05, 0.1) is 6.42 Å². The van der Waals surface area contributed by atoms with Crippen LogP contribution in [0.25, 0.3) is 0 Å². The first kappa shape index (κ1) is 21.7. The Hall–Kier alpha value is -0.335. The molecule has 1 atom stereocenters. The van der Waals surface area contributed by atoms with Gasteiger partial charge in [0, 0.05) is 36.1 Å². The number of hydrogen-bond acceptors (Lipinski definition) is 7. The smallest absolute Gasteiger partial charge is 0.502 e. The Morgan fingerprint density at radius 1 is 1.21 bits per heavy atom. The summed E-state index contributed by atoms with van der Waals surface area (Å²) in [6, 6.07) is 0.487. The molecular weight excluding hydrogens is 345 g/mol. The molecule has 0 saturated carbocycles. The van der Waals surface area contributed by atoms with Crippen LogP contribution in [0.1, 0.15) is 53.9 Å². The Morgan fingerprint density at radius 2 is 1.79 bits per heavy atom. The quantitative estimate of drug-likeness (QED) is 0.454. The van der Waals surface area contributed by atoms with Crippen molar-refractivity contribution in [2.75, 3.05) is 18.1 Å². The van der Waals surface area contributed by atoms with E-state index in [9.17, 15) is 9.59 Å². The van der Waals surface area contributed by atoms with Crippen molar-refractivity contribution < 1.29 is 18.9 Å². The van der Waals surface area contributed by atoms with E-state index < -0.39 is 0 Å². The molecule has 1 rings (SSSR count). The molecule has 0 amide bonds. The minimum atomic E-state index is -0.320. The normalized spacial score (nSPS) is 16.9. The molecule has 8 heteroatoms. The van der Waals surface area contributed by atoms with Gasteiger partial charge in [-0.25, -0.2) is 0 Å². The molecule has 5 nitrogen and oxygen atoms in total. The highest BCUT2D eigenvalue weighted by molar-refractivity contribution is 8.77. The fourth-order valence-electron chi connectivity index (χ4n) is 2.48. The average molecular weight is 375 g/mol. The van der Waals surface area contributed by atoms with Gasteiger partial charge in [0.2, 0.25) is 0 Å². The van der Waals surface area contributed by atoms with Crippen LogP contribution in [-0.4, -0.2) is 54.2 Å². The Morgan fingerprint density at radius 3 is 2.33 bits per heavy atom. The largest absolute Gasteiger partial charge is 0.580 e. The van der Waals surface area contributed by atoms with Gasteiger partial charge in [0.25, 0.3) is 11.9 Å². The van der Waals surface area contributed by atoms with Crippen molar-refractivity contribution in [3.8, 4) is 0 Å². The average Bonchev–Trinajstić information content (AvgIpc) is 2.99. The molecule has 0 aromatic carbocycles. The summed E-state index contributed by atoms with van der Waals surface area (Å²) in [5, 5.41) is 0. The highest BCUT2D eigenvalue weighted by atomic mass is 33.1. The maximum Gasteiger partial charge on any atom is 0.580 e. The lowest BCUT2D eigenvalue weighted by Crippen LogP contribution is -2.50. The van der Waals surface area contributed by atoms with Crippen LogP contribution in [0.5, 0.6) is 0 Å². The van der Waals surface area contributed by atoms with Gasteiger partial charge < -0.3 is 9.31 Å². The van der Waals surface area contributed by atoms with E-state index in [1.807, 2.05) is 35.4 Å². The molecule has 1 fully saturated rings. The van der Waals surface area contributed by atoms with E-state index in [0.717, 1.165) is 17.9 Å². The zero-order chi connectivity index (χ0) is 18.2. The van der Waals surface area contributed by atoms with Gasteiger partial charge in [-0.05, 0) is 26.7 Å². The lowest BCUT2D eigenvalue weighted by Gasteiger charge is -2.39. The van der Waals surface area contributed by atoms with Gasteiger partial charge in [-0.1, -0.05) is 41.9 Å². The lowest BCUT2D eigenvalue weighted by molar-refractivity contribution is -0.140. The fourth-order valence-corrected chi connectivity index (χ4v) is 5.25. The summed E-state index contributed by atoms with van der Waals surface area (Å²) in [7, 11) is 3.49. The first-order valence-electron chi connectivity index (χ1n) is 8.56. The van der Waals surface area contributed by atoms with E-state index in [2.05, 4.69) is 25.7 Å². The van der Waals surface area contributed by atoms with Gasteiger partial charge in [-0.3, -0.25) is 14.5 Å². The molecule has 0 aliphatic carbocycles. The van der Waals surface area contributed by atoms with Crippen molar-refractivity contribution >= 4 is 41.2 Å². The van der Waals surface area contributed by atoms with Gasteiger partial charge in [0.1, 0.15) is 0 Å². The predicted octanol–water partition coefficient (Wildman–Crippen LogP) is 3.03. The van der Waals surface area contributed by atoms with Crippen LogP contribution in [-0.2, 0) is 18.9 Å². The minimum Gasteiger partial charge on any atom is -0.502 e. The Balaban J connectivity index is 2.29. The second-order valence-electron chi connectivity index (χ2n) is 7.21. The van der Waals surface area contributed by atoms with Crippen molar-refractivity contribution in [3.05, 3.63) is 0 Å². The van der Waals surface area contributed by atoms with Crippen LogP contribution in [0.3, 0.4) is 0 Å². The summed E-state index contributed by atoms with van der Waals surface area (Å²) in [5.74, 6) is 1.83. The third-order valence-corrected chi connectivity index (χ3v) is 6.64. The molecular formula is C16H30BNO4S2. The summed E-state index contributed by atoms with van der Waals surface area (Å²) in [6.45, 7) is 11.2. The van der Waals surface area contributed by atoms with Crippen molar-refractivity contribution in [2.24, 2.45) is 5.92 Å². The molecule has 1 aliphatic rings. The van der Waals surface area contributed by atoms with Gasteiger partial charge in [0.15, 0.2) is 0 Å². The van der Waals surface area contributed by atoms with Crippen LogP contribution in [0, 0.1) is 5.92 Å². The SMILES string of the molecule is CCC(C)CC(=O)OBOC(=O)CCN(C1CSSC1)C(C)(C)C. The standard InChI is InChI=1S/C16H30BNO4S2/c1-6-12(2)9-15(20)22-17-21-14(19)7-8-18(16(3,4)5)13-10-23-24-11-13/h12-13,17H,6-11H2,1-5H3. The van der Waals surface area contributed by atoms with E-state index in [-0.39, 0.29) is 31.1 Å². The van der Waals surface area contributed by atoms with Crippen molar-refractivity contribution in [3.63, 3.8) is 0 Å². The Kier molecular flexibility index (Phi) is 9.60. The first-order chi connectivity index (χ1) is 11.2. The summed E-state index contributed by atoms with van der Waals surface area (Å²) >= 11 is 0. The van der Waals surface area contributed by atoms with E-state index in [1.54, 1.807) is 0 Å². The molecule has 0 radical (unpaired) electrons. The molecule has 1 saturated heterocycles. The molecule has 0 aromatic heterocycles. The fraction of sp³-hybridized carbons (Fsp3) is 0.875. The molecule has 0 N–H and O–H groups in total. The first-order valence-corrected chi connectivity index (χ1v) is 11.0. The predicted molar refractivity (Wildman–Crippen MR) is 103 cm³/mol. The van der Waals surface area contributed by atoms with Crippen LogP contribution in [0.4, 0.5) is 0 Å². The number of carbonyl (C=O) groups is 2. The van der Waals surface area contributed by atoms with E-state index in [1.165, 1.54) is 0 Å². The Labute approximate surface area is 154 Å². The molecule has 1 unspecified atom stereocenters. The zero-order valence-corrected chi connectivity index (χ0v) is 17.1. The molecule has 24 heavy (non-hydrogen) atoms. The maximum atomic E-state index is 11.9. The van der Waals surface area contributed by atoms with Crippen LogP contribution in [0.15, 0.2) is 0 Å². The third kappa shape index (κ3) is 8.16. The summed E-state index contributed by atoms with van der Waals surface area (Å²) in [5.41, 5.74) is 0.0131. The molecule has 1 aliphatic heterocycles. The van der Waals surface area contributed by atoms with Crippen LogP contribution >= 0.6 is 21.6 Å². The highest BCUT2D eigenvalue weighted by Crippen LogP contribution is 2.35. The van der Waals surface area contributed by atoms with Crippen LogP contribution < -0.4 is 0 Å².